The summed E-state index contributed by atoms with van der Waals surface area (Å²) in [6, 6.07) is 17.1. The number of aryl methyl sites for hydroxylation is 1. The van der Waals surface area contributed by atoms with E-state index in [4.69, 9.17) is 0 Å². The van der Waals surface area contributed by atoms with Crippen LogP contribution in [0.3, 0.4) is 0 Å². The maximum absolute atomic E-state index is 12.7. The van der Waals surface area contributed by atoms with Gasteiger partial charge in [-0.2, -0.15) is 0 Å². The minimum absolute atomic E-state index is 0.286. The molecule has 130 valence electrons. The fourth-order valence-corrected chi connectivity index (χ4v) is 4.20. The van der Waals surface area contributed by atoms with Crippen molar-refractivity contribution in [3.8, 4) is 0 Å². The Balaban J connectivity index is 1.76. The van der Waals surface area contributed by atoms with Crippen molar-refractivity contribution in [1.82, 2.24) is 9.71 Å². The third kappa shape index (κ3) is 3.89. The Bertz CT molecular complexity index is 969. The number of aromatic nitrogens is 1. The van der Waals surface area contributed by atoms with Crippen molar-refractivity contribution in [2.24, 2.45) is 0 Å². The fraction of sp³-hybridized carbons (Fsp3) is 0.250. The largest absolute Gasteiger partial charge is 0.256 e. The van der Waals surface area contributed by atoms with Crippen molar-refractivity contribution in [3.05, 3.63) is 71.9 Å². The first-order valence-electron chi connectivity index (χ1n) is 8.38. The number of nitrogens with zero attached hydrogens (tertiary/aromatic N) is 1. The van der Waals surface area contributed by atoms with Gasteiger partial charge in [0.15, 0.2) is 0 Å². The topological polar surface area (TPSA) is 59.1 Å². The van der Waals surface area contributed by atoms with Crippen LogP contribution in [-0.4, -0.2) is 19.9 Å². The van der Waals surface area contributed by atoms with Crippen molar-refractivity contribution in [2.75, 3.05) is 6.54 Å². The molecule has 1 aromatic heterocycles. The lowest BCUT2D eigenvalue weighted by Crippen LogP contribution is -2.26. The summed E-state index contributed by atoms with van der Waals surface area (Å²) in [4.78, 5) is 4.60. The molecular weight excluding hydrogens is 332 g/mol. The SMILES string of the molecule is Cc1ccc(S(=O)(=O)NCCC(C)c2ccccc2)c2cccnc12. The van der Waals surface area contributed by atoms with Gasteiger partial charge in [0.2, 0.25) is 10.0 Å². The van der Waals surface area contributed by atoms with Crippen molar-refractivity contribution in [3.63, 3.8) is 0 Å². The van der Waals surface area contributed by atoms with Crippen LogP contribution in [0.1, 0.15) is 30.4 Å². The summed E-state index contributed by atoms with van der Waals surface area (Å²) in [6.45, 7) is 4.43. The Hall–Kier alpha value is -2.24. The third-order valence-corrected chi connectivity index (χ3v) is 5.98. The van der Waals surface area contributed by atoms with E-state index in [0.717, 1.165) is 17.5 Å². The standard InChI is InChI=1S/C20H22N2O2S/c1-15(17-7-4-3-5-8-17)12-14-22-25(23,24)19-11-10-16(2)20-18(19)9-6-13-21-20/h3-11,13,15,22H,12,14H2,1-2H3. The normalized spacial score (nSPS) is 13.0. The second-order valence-corrected chi connectivity index (χ2v) is 8.01. The van der Waals surface area contributed by atoms with Gasteiger partial charge >= 0.3 is 0 Å². The summed E-state index contributed by atoms with van der Waals surface area (Å²) in [5, 5.41) is 0.658. The lowest BCUT2D eigenvalue weighted by molar-refractivity contribution is 0.573. The van der Waals surface area contributed by atoms with Gasteiger partial charge in [-0.1, -0.05) is 43.3 Å². The summed E-state index contributed by atoms with van der Waals surface area (Å²) in [5.74, 6) is 0.292. The number of hydrogen-bond donors (Lipinski definition) is 1. The summed E-state index contributed by atoms with van der Waals surface area (Å²) in [5.41, 5.74) is 2.90. The Labute approximate surface area is 149 Å². The van der Waals surface area contributed by atoms with E-state index < -0.39 is 10.0 Å². The predicted octanol–water partition coefficient (Wildman–Crippen LogP) is 4.02. The van der Waals surface area contributed by atoms with E-state index in [2.05, 4.69) is 28.8 Å². The molecule has 1 atom stereocenters. The molecular formula is C20H22N2O2S. The van der Waals surface area contributed by atoms with Crippen LogP contribution in [0.5, 0.6) is 0 Å². The van der Waals surface area contributed by atoms with Gasteiger partial charge in [0.05, 0.1) is 10.4 Å². The van der Waals surface area contributed by atoms with Gasteiger partial charge in [-0.15, -0.1) is 0 Å². The number of sulfonamides is 1. The van der Waals surface area contributed by atoms with Crippen LogP contribution in [0.2, 0.25) is 0 Å². The molecule has 1 heterocycles. The minimum Gasteiger partial charge on any atom is -0.256 e. The third-order valence-electron chi connectivity index (χ3n) is 4.46. The number of rotatable bonds is 6. The molecule has 25 heavy (non-hydrogen) atoms. The molecule has 0 bridgehead atoms. The van der Waals surface area contributed by atoms with Crippen molar-refractivity contribution < 1.29 is 8.42 Å². The first-order chi connectivity index (χ1) is 12.0. The van der Waals surface area contributed by atoms with Gasteiger partial charge in [-0.05, 0) is 48.6 Å². The Kier molecular flexibility index (Phi) is 5.16. The molecule has 0 amide bonds. The van der Waals surface area contributed by atoms with E-state index in [1.165, 1.54) is 5.56 Å². The highest BCUT2D eigenvalue weighted by Gasteiger charge is 2.18. The first-order valence-corrected chi connectivity index (χ1v) is 9.86. The predicted molar refractivity (Wildman–Crippen MR) is 101 cm³/mol. The van der Waals surface area contributed by atoms with Crippen LogP contribution < -0.4 is 4.72 Å². The second kappa shape index (κ2) is 7.33. The molecule has 0 saturated carbocycles. The number of pyridine rings is 1. The molecule has 5 heteroatoms. The van der Waals surface area contributed by atoms with Gasteiger partial charge < -0.3 is 0 Å². The van der Waals surface area contributed by atoms with E-state index in [1.54, 1.807) is 30.5 Å². The molecule has 0 aliphatic rings. The fourth-order valence-electron chi connectivity index (χ4n) is 2.96. The maximum atomic E-state index is 12.7. The highest BCUT2D eigenvalue weighted by molar-refractivity contribution is 7.89. The van der Waals surface area contributed by atoms with Crippen LogP contribution in [0.25, 0.3) is 10.9 Å². The molecule has 2 aromatic carbocycles. The Morgan fingerprint density at radius 3 is 2.56 bits per heavy atom. The second-order valence-electron chi connectivity index (χ2n) is 6.28. The smallest absolute Gasteiger partial charge is 0.241 e. The molecule has 0 spiro atoms. The molecule has 1 N–H and O–H groups in total. The van der Waals surface area contributed by atoms with Gasteiger partial charge in [0, 0.05) is 18.1 Å². The van der Waals surface area contributed by atoms with E-state index in [0.29, 0.717) is 17.8 Å². The average Bonchev–Trinajstić information content (AvgIpc) is 2.62. The summed E-state index contributed by atoms with van der Waals surface area (Å²) < 4.78 is 28.2. The zero-order valence-corrected chi connectivity index (χ0v) is 15.3. The van der Waals surface area contributed by atoms with E-state index in [-0.39, 0.29) is 4.90 Å². The van der Waals surface area contributed by atoms with Crippen molar-refractivity contribution >= 4 is 20.9 Å². The van der Waals surface area contributed by atoms with Gasteiger partial charge in [-0.3, -0.25) is 4.98 Å². The van der Waals surface area contributed by atoms with Crippen molar-refractivity contribution in [2.45, 2.75) is 31.1 Å². The molecule has 0 fully saturated rings. The molecule has 3 rings (SSSR count). The summed E-state index contributed by atoms with van der Waals surface area (Å²) in [6.07, 6.45) is 2.42. The number of hydrogen-bond acceptors (Lipinski definition) is 3. The van der Waals surface area contributed by atoms with Gasteiger partial charge in [0.25, 0.3) is 0 Å². The summed E-state index contributed by atoms with van der Waals surface area (Å²) in [7, 11) is -3.57. The number of nitrogens with one attached hydrogen (secondary N) is 1. The summed E-state index contributed by atoms with van der Waals surface area (Å²) >= 11 is 0. The van der Waals surface area contributed by atoms with Crippen LogP contribution in [-0.2, 0) is 10.0 Å². The number of benzene rings is 2. The monoisotopic (exact) mass is 354 g/mol. The van der Waals surface area contributed by atoms with Crippen LogP contribution in [0, 0.1) is 6.92 Å². The zero-order valence-electron chi connectivity index (χ0n) is 14.4. The Morgan fingerprint density at radius 1 is 1.04 bits per heavy atom. The molecule has 0 saturated heterocycles. The lowest BCUT2D eigenvalue weighted by Gasteiger charge is -2.14. The minimum atomic E-state index is -3.57. The van der Waals surface area contributed by atoms with Crippen LogP contribution in [0.4, 0.5) is 0 Å². The molecule has 4 nitrogen and oxygen atoms in total. The van der Waals surface area contributed by atoms with Gasteiger partial charge in [-0.25, -0.2) is 13.1 Å². The van der Waals surface area contributed by atoms with E-state index in [9.17, 15) is 8.42 Å². The maximum Gasteiger partial charge on any atom is 0.241 e. The molecule has 0 aliphatic carbocycles. The lowest BCUT2D eigenvalue weighted by atomic mass is 9.98. The quantitative estimate of drug-likeness (QED) is 0.727. The highest BCUT2D eigenvalue weighted by Crippen LogP contribution is 2.24. The molecule has 0 radical (unpaired) electrons. The van der Waals surface area contributed by atoms with Crippen LogP contribution >= 0.6 is 0 Å². The average molecular weight is 354 g/mol. The van der Waals surface area contributed by atoms with E-state index >= 15 is 0 Å². The molecule has 1 unspecified atom stereocenters. The highest BCUT2D eigenvalue weighted by atomic mass is 32.2. The number of fused-ring (bicyclic) bond motifs is 1. The molecule has 3 aromatic rings. The first kappa shape index (κ1) is 17.6. The van der Waals surface area contributed by atoms with E-state index in [1.807, 2.05) is 25.1 Å². The Morgan fingerprint density at radius 2 is 1.80 bits per heavy atom. The van der Waals surface area contributed by atoms with Gasteiger partial charge in [0.1, 0.15) is 0 Å². The molecule has 0 aliphatic heterocycles. The van der Waals surface area contributed by atoms with Crippen molar-refractivity contribution in [1.29, 1.82) is 0 Å². The zero-order chi connectivity index (χ0) is 17.9. The van der Waals surface area contributed by atoms with Crippen LogP contribution in [0.15, 0.2) is 65.7 Å².